The van der Waals surface area contributed by atoms with E-state index >= 15 is 0 Å². The van der Waals surface area contributed by atoms with Gasteiger partial charge in [0.1, 0.15) is 12.4 Å². The van der Waals surface area contributed by atoms with E-state index in [1.165, 1.54) is 31.5 Å². The van der Waals surface area contributed by atoms with Gasteiger partial charge < -0.3 is 4.74 Å². The minimum Gasteiger partial charge on any atom is -0.492 e. The Morgan fingerprint density at radius 1 is 0.935 bits per heavy atom. The van der Waals surface area contributed by atoms with Gasteiger partial charge in [0.15, 0.2) is 5.65 Å². The van der Waals surface area contributed by atoms with Gasteiger partial charge in [0.05, 0.1) is 6.20 Å². The van der Waals surface area contributed by atoms with Crippen molar-refractivity contribution in [3.8, 4) is 28.0 Å². The summed E-state index contributed by atoms with van der Waals surface area (Å²) in [7, 11) is 0. The van der Waals surface area contributed by atoms with Crippen molar-refractivity contribution in [1.29, 1.82) is 0 Å². The van der Waals surface area contributed by atoms with E-state index < -0.39 is 0 Å². The highest BCUT2D eigenvalue weighted by Crippen LogP contribution is 2.27. The van der Waals surface area contributed by atoms with Crippen LogP contribution in [0.5, 0.6) is 5.75 Å². The number of hydrogen-bond acceptors (Lipinski definition) is 4. The lowest BCUT2D eigenvalue weighted by atomic mass is 10.0. The summed E-state index contributed by atoms with van der Waals surface area (Å²) in [5, 5.41) is 4.56. The van der Waals surface area contributed by atoms with Crippen LogP contribution in [-0.4, -0.2) is 45.7 Å². The average molecular weight is 413 g/mol. The summed E-state index contributed by atoms with van der Waals surface area (Å²) in [6.07, 6.45) is 9.51. The van der Waals surface area contributed by atoms with Crippen molar-refractivity contribution in [1.82, 2.24) is 19.5 Å². The molecule has 1 aliphatic heterocycles. The maximum Gasteiger partial charge on any atom is 0.162 e. The molecule has 4 aromatic rings. The minimum atomic E-state index is 0.738. The van der Waals surface area contributed by atoms with Crippen LogP contribution in [0.2, 0.25) is 0 Å². The van der Waals surface area contributed by atoms with Gasteiger partial charge in [-0.25, -0.2) is 9.50 Å². The molecular weight excluding hydrogens is 384 g/mol. The molecule has 0 unspecified atom stereocenters. The fourth-order valence-electron chi connectivity index (χ4n) is 4.23. The predicted molar refractivity (Wildman–Crippen MR) is 124 cm³/mol. The lowest BCUT2D eigenvalue weighted by Crippen LogP contribution is -2.25. The first-order valence-corrected chi connectivity index (χ1v) is 11.2. The van der Waals surface area contributed by atoms with Crippen LogP contribution in [-0.2, 0) is 6.42 Å². The van der Waals surface area contributed by atoms with Gasteiger partial charge in [0.2, 0.25) is 0 Å². The Bertz CT molecular complexity index is 1160. The molecule has 0 spiro atoms. The molecule has 0 atom stereocenters. The Labute approximate surface area is 183 Å². The van der Waals surface area contributed by atoms with Crippen LogP contribution < -0.4 is 4.74 Å². The van der Waals surface area contributed by atoms with E-state index in [1.807, 2.05) is 35.2 Å². The largest absolute Gasteiger partial charge is 0.492 e. The SMILES string of the molecule is CCc1cccc(-c2cnn3cc(-c4ccc(OCCN5CCCC5)cc4)cnc23)c1. The lowest BCUT2D eigenvalue weighted by Gasteiger charge is -2.15. The number of benzene rings is 2. The lowest BCUT2D eigenvalue weighted by molar-refractivity contribution is 0.238. The van der Waals surface area contributed by atoms with E-state index in [1.54, 1.807) is 0 Å². The topological polar surface area (TPSA) is 42.7 Å². The fourth-order valence-corrected chi connectivity index (χ4v) is 4.23. The van der Waals surface area contributed by atoms with Gasteiger partial charge in [-0.3, -0.25) is 4.90 Å². The molecule has 1 aliphatic rings. The third-order valence-electron chi connectivity index (χ3n) is 6.07. The highest BCUT2D eigenvalue weighted by molar-refractivity contribution is 5.78. The molecule has 5 rings (SSSR count). The first-order valence-electron chi connectivity index (χ1n) is 11.2. The molecule has 1 fully saturated rings. The molecule has 1 saturated heterocycles. The molecule has 0 bridgehead atoms. The van der Waals surface area contributed by atoms with Crippen molar-refractivity contribution >= 4 is 5.65 Å². The standard InChI is InChI=1S/C26H28N4O/c1-2-20-6-5-7-22(16-20)25-18-28-30-19-23(17-27-26(25)30)21-8-10-24(11-9-21)31-15-14-29-12-3-4-13-29/h5-11,16-19H,2-4,12-15H2,1H3. The van der Waals surface area contributed by atoms with Crippen LogP contribution in [0.1, 0.15) is 25.3 Å². The van der Waals surface area contributed by atoms with Gasteiger partial charge in [-0.15, -0.1) is 0 Å². The van der Waals surface area contributed by atoms with Crippen molar-refractivity contribution in [2.24, 2.45) is 0 Å². The number of fused-ring (bicyclic) bond motifs is 1. The van der Waals surface area contributed by atoms with Crippen molar-refractivity contribution < 1.29 is 4.74 Å². The van der Waals surface area contributed by atoms with Gasteiger partial charge in [-0.1, -0.05) is 43.3 Å². The molecule has 0 amide bonds. The molecule has 5 heteroatoms. The van der Waals surface area contributed by atoms with Gasteiger partial charge in [-0.2, -0.15) is 5.10 Å². The quantitative estimate of drug-likeness (QED) is 0.424. The third-order valence-corrected chi connectivity index (χ3v) is 6.07. The molecule has 0 radical (unpaired) electrons. The highest BCUT2D eigenvalue weighted by Gasteiger charge is 2.12. The number of nitrogens with zero attached hydrogens (tertiary/aromatic N) is 4. The van der Waals surface area contributed by atoms with E-state index in [0.29, 0.717) is 0 Å². The maximum atomic E-state index is 5.93. The first kappa shape index (κ1) is 19.8. The molecule has 31 heavy (non-hydrogen) atoms. The van der Waals surface area contributed by atoms with Crippen LogP contribution in [0.25, 0.3) is 27.9 Å². The molecule has 5 nitrogen and oxygen atoms in total. The van der Waals surface area contributed by atoms with E-state index in [4.69, 9.17) is 9.72 Å². The second-order valence-electron chi connectivity index (χ2n) is 8.14. The first-order chi connectivity index (χ1) is 15.3. The second-order valence-corrected chi connectivity index (χ2v) is 8.14. The van der Waals surface area contributed by atoms with Crippen LogP contribution >= 0.6 is 0 Å². The van der Waals surface area contributed by atoms with Crippen molar-refractivity contribution in [2.75, 3.05) is 26.2 Å². The Morgan fingerprint density at radius 2 is 1.77 bits per heavy atom. The Morgan fingerprint density at radius 3 is 2.58 bits per heavy atom. The summed E-state index contributed by atoms with van der Waals surface area (Å²) < 4.78 is 7.79. The summed E-state index contributed by atoms with van der Waals surface area (Å²) in [5.41, 5.74) is 6.54. The second kappa shape index (κ2) is 8.90. The van der Waals surface area contributed by atoms with Gasteiger partial charge in [-0.05, 0) is 61.2 Å². The van der Waals surface area contributed by atoms with E-state index in [-0.39, 0.29) is 0 Å². The van der Waals surface area contributed by atoms with Crippen molar-refractivity contribution in [2.45, 2.75) is 26.2 Å². The molecule has 0 aliphatic carbocycles. The number of aromatic nitrogens is 3. The molecule has 158 valence electrons. The Hall–Kier alpha value is -3.18. The smallest absolute Gasteiger partial charge is 0.162 e. The zero-order valence-corrected chi connectivity index (χ0v) is 18.0. The van der Waals surface area contributed by atoms with Gasteiger partial charge in [0.25, 0.3) is 0 Å². The van der Waals surface area contributed by atoms with Crippen LogP contribution in [0, 0.1) is 0 Å². The number of likely N-dealkylation sites (tertiary alicyclic amines) is 1. The van der Waals surface area contributed by atoms with E-state index in [9.17, 15) is 0 Å². The number of rotatable bonds is 7. The minimum absolute atomic E-state index is 0.738. The molecule has 2 aromatic carbocycles. The van der Waals surface area contributed by atoms with Crippen molar-refractivity contribution in [3.63, 3.8) is 0 Å². The van der Waals surface area contributed by atoms with E-state index in [2.05, 4.69) is 53.3 Å². The molecule has 3 heterocycles. The average Bonchev–Trinajstić information content (AvgIpc) is 3.49. The summed E-state index contributed by atoms with van der Waals surface area (Å²) in [4.78, 5) is 7.19. The number of hydrogen-bond donors (Lipinski definition) is 0. The third kappa shape index (κ3) is 4.32. The summed E-state index contributed by atoms with van der Waals surface area (Å²) in [5.74, 6) is 0.911. The summed E-state index contributed by atoms with van der Waals surface area (Å²) in [6.45, 7) is 6.32. The number of aryl methyl sites for hydroxylation is 1. The number of ether oxygens (including phenoxy) is 1. The molecule has 2 aromatic heterocycles. The maximum absolute atomic E-state index is 5.93. The fraction of sp³-hybridized carbons (Fsp3) is 0.308. The monoisotopic (exact) mass is 412 g/mol. The van der Waals surface area contributed by atoms with Crippen LogP contribution in [0.4, 0.5) is 0 Å². The Balaban J connectivity index is 1.31. The molecule has 0 saturated carbocycles. The molecule has 0 N–H and O–H groups in total. The van der Waals surface area contributed by atoms with Gasteiger partial charge >= 0.3 is 0 Å². The zero-order chi connectivity index (χ0) is 21.0. The van der Waals surface area contributed by atoms with Crippen molar-refractivity contribution in [3.05, 3.63) is 72.7 Å². The summed E-state index contributed by atoms with van der Waals surface area (Å²) >= 11 is 0. The summed E-state index contributed by atoms with van der Waals surface area (Å²) in [6, 6.07) is 16.8. The van der Waals surface area contributed by atoms with Crippen LogP contribution in [0.3, 0.4) is 0 Å². The normalized spacial score (nSPS) is 14.4. The highest BCUT2D eigenvalue weighted by atomic mass is 16.5. The molecular formula is C26H28N4O. The predicted octanol–water partition coefficient (Wildman–Crippen LogP) is 5.10. The Kier molecular flexibility index (Phi) is 5.67. The van der Waals surface area contributed by atoms with Crippen LogP contribution in [0.15, 0.2) is 67.1 Å². The zero-order valence-electron chi connectivity index (χ0n) is 18.0. The van der Waals surface area contributed by atoms with E-state index in [0.717, 1.165) is 53.2 Å². The van der Waals surface area contributed by atoms with Gasteiger partial charge in [0, 0.05) is 30.1 Å².